The van der Waals surface area contributed by atoms with Crippen LogP contribution >= 0.6 is 27.7 Å². The van der Waals surface area contributed by atoms with Gasteiger partial charge in [-0.2, -0.15) is 0 Å². The van der Waals surface area contributed by atoms with E-state index in [-0.39, 0.29) is 4.57 Å². The molecule has 0 amide bonds. The Kier molecular flexibility index (Phi) is 5.41. The predicted molar refractivity (Wildman–Crippen MR) is 102 cm³/mol. The van der Waals surface area contributed by atoms with Gasteiger partial charge in [-0.25, -0.2) is 0 Å². The average Bonchev–Trinajstić information content (AvgIpc) is 3.25. The zero-order valence-electron chi connectivity index (χ0n) is 13.4. The third-order valence-corrected chi connectivity index (χ3v) is 7.30. The van der Waals surface area contributed by atoms with Crippen LogP contribution in [0.1, 0.15) is 16.6 Å². The van der Waals surface area contributed by atoms with Crippen LogP contribution in [0.25, 0.3) is 15.6 Å². The summed E-state index contributed by atoms with van der Waals surface area (Å²) in [4.78, 5) is 0.721. The minimum absolute atomic E-state index is 0.237. The van der Waals surface area contributed by atoms with E-state index in [1.54, 1.807) is 6.07 Å². The van der Waals surface area contributed by atoms with Gasteiger partial charge in [0.15, 0.2) is 0 Å². The average molecular weight is 518 g/mol. The molecular weight excluding hydrogens is 508 g/mol. The molecule has 138 valence electrons. The Morgan fingerprint density at radius 1 is 1.15 bits per heavy atom. The van der Waals surface area contributed by atoms with Gasteiger partial charge in [-0.3, -0.25) is 0 Å². The third kappa shape index (κ3) is 3.84. The van der Waals surface area contributed by atoms with Gasteiger partial charge in [-0.05, 0) is 0 Å². The molecule has 27 heavy (non-hydrogen) atoms. The molecule has 10 heteroatoms. The van der Waals surface area contributed by atoms with Crippen LogP contribution in [0.2, 0.25) is 0 Å². The Bertz CT molecular complexity index is 1100. The van der Waals surface area contributed by atoms with E-state index in [1.165, 1.54) is 17.8 Å². The van der Waals surface area contributed by atoms with Crippen LogP contribution in [0.5, 0.6) is 0 Å². The summed E-state index contributed by atoms with van der Waals surface area (Å²) in [6.07, 6.45) is -2.64. The fourth-order valence-corrected chi connectivity index (χ4v) is 5.83. The zero-order valence-corrected chi connectivity index (χ0v) is 17.6. The molecule has 0 fully saturated rings. The van der Waals surface area contributed by atoms with E-state index in [9.17, 15) is 13.2 Å². The monoisotopic (exact) mass is 518 g/mol. The van der Waals surface area contributed by atoms with Crippen LogP contribution in [-0.2, 0) is 5.75 Å². The number of benzene rings is 1. The van der Waals surface area contributed by atoms with Gasteiger partial charge in [0.1, 0.15) is 0 Å². The molecule has 4 nitrogen and oxygen atoms in total. The van der Waals surface area contributed by atoms with Crippen molar-refractivity contribution in [1.29, 1.82) is 0 Å². The van der Waals surface area contributed by atoms with E-state index >= 15 is 0 Å². The van der Waals surface area contributed by atoms with Gasteiger partial charge >= 0.3 is 171 Å². The molecule has 4 rings (SSSR count). The molecule has 0 bridgehead atoms. The van der Waals surface area contributed by atoms with Gasteiger partial charge in [0.2, 0.25) is 0 Å². The van der Waals surface area contributed by atoms with Gasteiger partial charge in [0, 0.05) is 0 Å². The summed E-state index contributed by atoms with van der Waals surface area (Å²) in [5.74, 6) is 0.154. The van der Waals surface area contributed by atoms with E-state index in [4.69, 9.17) is 0 Å². The van der Waals surface area contributed by atoms with Crippen LogP contribution in [0.4, 0.5) is 13.2 Å². The number of thioether (sulfide) groups is 1. The number of pyridine rings is 1. The van der Waals surface area contributed by atoms with Crippen molar-refractivity contribution in [2.45, 2.75) is 17.1 Å². The van der Waals surface area contributed by atoms with Crippen molar-refractivity contribution in [2.75, 3.05) is 0 Å². The van der Waals surface area contributed by atoms with Gasteiger partial charge in [-0.15, -0.1) is 0 Å². The fraction of sp³-hybridized carbons (Fsp3) is 0.118. The van der Waals surface area contributed by atoms with E-state index < -0.39 is 26.9 Å². The maximum absolute atomic E-state index is 14.5. The Labute approximate surface area is 170 Å². The maximum atomic E-state index is 14.5. The first-order valence-corrected chi connectivity index (χ1v) is 11.2. The summed E-state index contributed by atoms with van der Waals surface area (Å²) in [6.45, 7) is 0. The molecule has 4 aromatic rings. The van der Waals surface area contributed by atoms with Gasteiger partial charge < -0.3 is 0 Å². The second kappa shape index (κ2) is 7.79. The van der Waals surface area contributed by atoms with Crippen molar-refractivity contribution in [3.8, 4) is 10.1 Å². The van der Waals surface area contributed by atoms with Crippen LogP contribution < -0.4 is 0 Å². The third-order valence-electron chi connectivity index (χ3n) is 3.71. The number of hydrogen-bond donors (Lipinski definition) is 0. The first-order valence-electron chi connectivity index (χ1n) is 7.69. The Morgan fingerprint density at radius 3 is 2.63 bits per heavy atom. The molecule has 0 aliphatic carbocycles. The van der Waals surface area contributed by atoms with E-state index in [0.717, 1.165) is 15.0 Å². The van der Waals surface area contributed by atoms with E-state index in [0.29, 0.717) is 26.0 Å². The Hall–Kier alpha value is -1.61. The molecule has 0 N–H and O–H groups in total. The van der Waals surface area contributed by atoms with Crippen molar-refractivity contribution >= 4 is 47.7 Å². The van der Waals surface area contributed by atoms with Gasteiger partial charge in [0.25, 0.3) is 0 Å². The number of nitrogens with zero attached hydrogens (tertiary/aromatic N) is 4. The number of hydrogen-bond acceptors (Lipinski definition) is 4. The second-order valence-electron chi connectivity index (χ2n) is 5.50. The van der Waals surface area contributed by atoms with E-state index in [1.807, 2.05) is 30.3 Å². The molecule has 0 radical (unpaired) electrons. The quantitative estimate of drug-likeness (QED) is 0.213. The number of halogens is 4. The van der Waals surface area contributed by atoms with Gasteiger partial charge in [0.05, 0.1) is 0 Å². The Morgan fingerprint density at radius 2 is 1.93 bits per heavy atom. The standard InChI is InChI=1S/C17H10BrF3N4SSe/c18-14-13(16-22-23-17(27-16)15(20)21)11-6-10(7-12(19)25(11)24-14)26-8-9-4-2-1-3-5-9/h1-7,15H,8H2. The fourth-order valence-electron chi connectivity index (χ4n) is 2.50. The number of rotatable bonds is 5. The first kappa shape index (κ1) is 18.7. The van der Waals surface area contributed by atoms with Crippen LogP contribution in [0, 0.1) is 5.95 Å². The molecule has 0 aliphatic rings. The molecule has 3 heterocycles. The molecule has 0 aliphatic heterocycles. The summed E-state index contributed by atoms with van der Waals surface area (Å²) < 4.78 is 42.0. The first-order chi connectivity index (χ1) is 13.0. The molecule has 0 saturated heterocycles. The number of alkyl halides is 2. The zero-order chi connectivity index (χ0) is 19.0. The predicted octanol–water partition coefficient (Wildman–Crippen LogP) is 4.98. The van der Waals surface area contributed by atoms with Crippen LogP contribution in [-0.4, -0.2) is 34.3 Å². The summed E-state index contributed by atoms with van der Waals surface area (Å²) in [6, 6.07) is 13.0. The molecule has 1 aromatic carbocycles. The minimum atomic E-state index is -2.64. The number of aromatic nitrogens is 4. The Balaban J connectivity index is 1.73. The van der Waals surface area contributed by atoms with Crippen LogP contribution in [0.3, 0.4) is 0 Å². The number of fused-ring (bicyclic) bond motifs is 1. The second-order valence-corrected chi connectivity index (χ2v) is 9.41. The van der Waals surface area contributed by atoms with Crippen molar-refractivity contribution in [2.24, 2.45) is 0 Å². The van der Waals surface area contributed by atoms with Crippen molar-refractivity contribution < 1.29 is 13.2 Å². The summed E-state index contributed by atoms with van der Waals surface area (Å²) >= 11 is 4.07. The topological polar surface area (TPSA) is 43.1 Å². The summed E-state index contributed by atoms with van der Waals surface area (Å²) in [7, 11) is 0. The SMILES string of the molecule is Fc1cc(SCc2ccccc2)cc2c(-c3nnc(C(F)F)[se]3)c(Br)nn12. The summed E-state index contributed by atoms with van der Waals surface area (Å²) in [5.41, 5.74) is 2.11. The molecule has 0 spiro atoms. The molecular formula is C17H10BrF3N4SSe. The summed E-state index contributed by atoms with van der Waals surface area (Å²) in [5, 5.41) is 11.6. The van der Waals surface area contributed by atoms with Crippen molar-refractivity contribution in [3.63, 3.8) is 0 Å². The molecule has 0 saturated carbocycles. The van der Waals surface area contributed by atoms with Crippen molar-refractivity contribution in [3.05, 3.63) is 63.1 Å². The molecule has 3 aromatic heterocycles. The normalized spacial score (nSPS) is 11.6. The van der Waals surface area contributed by atoms with Crippen LogP contribution in [0.15, 0.2) is 52.0 Å². The molecule has 0 atom stereocenters. The van der Waals surface area contributed by atoms with Gasteiger partial charge in [-0.1, -0.05) is 0 Å². The molecule has 0 unspecified atom stereocenters. The van der Waals surface area contributed by atoms with E-state index in [2.05, 4.69) is 31.2 Å². The van der Waals surface area contributed by atoms with Crippen molar-refractivity contribution in [1.82, 2.24) is 19.8 Å².